The van der Waals surface area contributed by atoms with Gasteiger partial charge in [-0.05, 0) is 13.8 Å². The third kappa shape index (κ3) is 2.25. The monoisotopic (exact) mass is 194 g/mol. The number of benzene rings is 1. The summed E-state index contributed by atoms with van der Waals surface area (Å²) in [6, 6.07) is 6.46. The third-order valence-electron chi connectivity index (χ3n) is 1.92. The van der Waals surface area contributed by atoms with E-state index in [9.17, 15) is 14.0 Å². The van der Waals surface area contributed by atoms with Gasteiger partial charge in [-0.2, -0.15) is 0 Å². The predicted molar refractivity (Wildman–Crippen MR) is 51.1 cm³/mol. The zero-order chi connectivity index (χ0) is 10.7. The summed E-state index contributed by atoms with van der Waals surface area (Å²) in [4.78, 5) is 21.9. The van der Waals surface area contributed by atoms with Gasteiger partial charge in [0.1, 0.15) is 0 Å². The van der Waals surface area contributed by atoms with Gasteiger partial charge in [-0.15, -0.1) is 0 Å². The highest BCUT2D eigenvalue weighted by atomic mass is 19.1. The van der Waals surface area contributed by atoms with Gasteiger partial charge < -0.3 is 0 Å². The van der Waals surface area contributed by atoms with E-state index in [-0.39, 0.29) is 5.56 Å². The number of carbonyl (C=O) groups excluding carboxylic acids is 2. The van der Waals surface area contributed by atoms with E-state index < -0.39 is 17.7 Å². The van der Waals surface area contributed by atoms with Crippen molar-refractivity contribution < 1.29 is 14.0 Å². The van der Waals surface area contributed by atoms with E-state index in [1.54, 1.807) is 12.1 Å². The molecule has 0 radical (unpaired) electrons. The lowest BCUT2D eigenvalue weighted by Crippen LogP contribution is -2.23. The zero-order valence-electron chi connectivity index (χ0n) is 8.08. The molecule has 1 rings (SSSR count). The number of hydrogen-bond acceptors (Lipinski definition) is 2. The van der Waals surface area contributed by atoms with Crippen molar-refractivity contribution in [3.63, 3.8) is 0 Å². The Bertz CT molecular complexity index is 354. The fraction of sp³-hybridized carbons (Fsp3) is 0.273. The molecular formula is C11H11FO2. The summed E-state index contributed by atoms with van der Waals surface area (Å²) in [6.45, 7) is 2.93. The SMILES string of the molecule is CC(=O)C(F)C(=O)c1ccc(C)cc1. The second-order valence-corrected chi connectivity index (χ2v) is 3.20. The number of rotatable bonds is 3. The average Bonchev–Trinajstić information content (AvgIpc) is 2.16. The van der Waals surface area contributed by atoms with E-state index >= 15 is 0 Å². The number of alkyl halides is 1. The molecule has 0 aromatic heterocycles. The molecule has 0 saturated carbocycles. The van der Waals surface area contributed by atoms with Crippen molar-refractivity contribution in [2.75, 3.05) is 0 Å². The van der Waals surface area contributed by atoms with Gasteiger partial charge in [0, 0.05) is 5.56 Å². The number of hydrogen-bond donors (Lipinski definition) is 0. The van der Waals surface area contributed by atoms with E-state index in [1.165, 1.54) is 12.1 Å². The van der Waals surface area contributed by atoms with Crippen molar-refractivity contribution in [2.45, 2.75) is 20.0 Å². The number of Topliss-reactive ketones (excluding diaryl/α,β-unsaturated/α-hetero) is 2. The quantitative estimate of drug-likeness (QED) is 0.545. The maximum absolute atomic E-state index is 13.0. The summed E-state index contributed by atoms with van der Waals surface area (Å²) in [5, 5.41) is 0. The third-order valence-corrected chi connectivity index (χ3v) is 1.92. The van der Waals surface area contributed by atoms with Crippen LogP contribution in [0.2, 0.25) is 0 Å². The predicted octanol–water partition coefficient (Wildman–Crippen LogP) is 2.10. The van der Waals surface area contributed by atoms with Gasteiger partial charge in [0.05, 0.1) is 0 Å². The first kappa shape index (κ1) is 10.6. The topological polar surface area (TPSA) is 34.1 Å². The summed E-state index contributed by atoms with van der Waals surface area (Å²) >= 11 is 0. The molecule has 14 heavy (non-hydrogen) atoms. The number of halogens is 1. The van der Waals surface area contributed by atoms with Gasteiger partial charge in [0.15, 0.2) is 5.78 Å². The fourth-order valence-electron chi connectivity index (χ4n) is 1.05. The molecule has 0 heterocycles. The van der Waals surface area contributed by atoms with Crippen LogP contribution in [0.1, 0.15) is 22.8 Å². The molecule has 0 N–H and O–H groups in total. The molecule has 1 aromatic carbocycles. The van der Waals surface area contributed by atoms with Crippen LogP contribution in [0.3, 0.4) is 0 Å². The molecule has 0 bridgehead atoms. The zero-order valence-corrected chi connectivity index (χ0v) is 8.08. The van der Waals surface area contributed by atoms with Crippen LogP contribution in [0, 0.1) is 6.92 Å². The standard InChI is InChI=1S/C11H11FO2/c1-7-3-5-9(6-4-7)11(14)10(12)8(2)13/h3-6,10H,1-2H3. The molecule has 1 unspecified atom stereocenters. The van der Waals surface area contributed by atoms with Crippen molar-refractivity contribution in [1.29, 1.82) is 0 Å². The Labute approximate surface area is 81.7 Å². The lowest BCUT2D eigenvalue weighted by Gasteiger charge is -2.03. The number of ketones is 2. The van der Waals surface area contributed by atoms with Crippen LogP contribution in [-0.4, -0.2) is 17.7 Å². The molecule has 0 aliphatic heterocycles. The molecule has 1 atom stereocenters. The van der Waals surface area contributed by atoms with E-state index in [1.807, 2.05) is 6.92 Å². The maximum Gasteiger partial charge on any atom is 0.220 e. The van der Waals surface area contributed by atoms with E-state index in [0.29, 0.717) is 0 Å². The van der Waals surface area contributed by atoms with Crippen LogP contribution in [-0.2, 0) is 4.79 Å². The molecule has 3 heteroatoms. The van der Waals surface area contributed by atoms with Crippen LogP contribution in [0.4, 0.5) is 4.39 Å². The highest BCUT2D eigenvalue weighted by molar-refractivity contribution is 6.12. The van der Waals surface area contributed by atoms with Crippen molar-refractivity contribution in [3.05, 3.63) is 35.4 Å². The lowest BCUT2D eigenvalue weighted by atomic mass is 10.0. The Balaban J connectivity index is 2.90. The van der Waals surface area contributed by atoms with E-state index in [4.69, 9.17) is 0 Å². The highest BCUT2D eigenvalue weighted by Gasteiger charge is 2.23. The van der Waals surface area contributed by atoms with Crippen LogP contribution in [0.25, 0.3) is 0 Å². The number of aryl methyl sites for hydroxylation is 1. The van der Waals surface area contributed by atoms with Gasteiger partial charge in [0.25, 0.3) is 0 Å². The van der Waals surface area contributed by atoms with Gasteiger partial charge >= 0.3 is 0 Å². The molecule has 0 aliphatic rings. The summed E-state index contributed by atoms with van der Waals surface area (Å²) in [5.74, 6) is -1.52. The summed E-state index contributed by atoms with van der Waals surface area (Å²) in [7, 11) is 0. The van der Waals surface area contributed by atoms with Gasteiger partial charge in [-0.3, -0.25) is 9.59 Å². The molecular weight excluding hydrogens is 183 g/mol. The van der Waals surface area contributed by atoms with Crippen molar-refractivity contribution in [1.82, 2.24) is 0 Å². The summed E-state index contributed by atoms with van der Waals surface area (Å²) < 4.78 is 13.0. The van der Waals surface area contributed by atoms with Crippen molar-refractivity contribution in [2.24, 2.45) is 0 Å². The summed E-state index contributed by atoms with van der Waals surface area (Å²) in [6.07, 6.45) is -2.03. The maximum atomic E-state index is 13.0. The molecule has 2 nitrogen and oxygen atoms in total. The molecule has 0 spiro atoms. The molecule has 0 saturated heterocycles. The Hall–Kier alpha value is -1.51. The highest BCUT2D eigenvalue weighted by Crippen LogP contribution is 2.08. The Morgan fingerprint density at radius 1 is 1.21 bits per heavy atom. The molecule has 0 fully saturated rings. The average molecular weight is 194 g/mol. The first-order valence-electron chi connectivity index (χ1n) is 4.28. The first-order chi connectivity index (χ1) is 6.52. The van der Waals surface area contributed by atoms with Crippen LogP contribution >= 0.6 is 0 Å². The minimum absolute atomic E-state index is 0.235. The molecule has 0 amide bonds. The normalized spacial score (nSPS) is 12.2. The Morgan fingerprint density at radius 3 is 2.14 bits per heavy atom. The smallest absolute Gasteiger partial charge is 0.220 e. The minimum Gasteiger partial charge on any atom is -0.296 e. The molecule has 0 aliphatic carbocycles. The van der Waals surface area contributed by atoms with Gasteiger partial charge in [-0.1, -0.05) is 29.8 Å². The number of carbonyl (C=O) groups is 2. The second-order valence-electron chi connectivity index (χ2n) is 3.20. The van der Waals surface area contributed by atoms with Crippen LogP contribution in [0.15, 0.2) is 24.3 Å². The largest absolute Gasteiger partial charge is 0.296 e. The summed E-state index contributed by atoms with van der Waals surface area (Å²) in [5.41, 5.74) is 1.22. The molecule has 1 aromatic rings. The fourth-order valence-corrected chi connectivity index (χ4v) is 1.05. The van der Waals surface area contributed by atoms with Crippen molar-refractivity contribution >= 4 is 11.6 Å². The molecule has 74 valence electrons. The van der Waals surface area contributed by atoms with E-state index in [0.717, 1.165) is 12.5 Å². The lowest BCUT2D eigenvalue weighted by molar-refractivity contribution is -0.120. The minimum atomic E-state index is -2.03. The Kier molecular flexibility index (Phi) is 3.12. The first-order valence-corrected chi connectivity index (χ1v) is 4.28. The van der Waals surface area contributed by atoms with Crippen LogP contribution in [0.5, 0.6) is 0 Å². The van der Waals surface area contributed by atoms with E-state index in [2.05, 4.69) is 0 Å². The van der Waals surface area contributed by atoms with Crippen LogP contribution < -0.4 is 0 Å². The Morgan fingerprint density at radius 2 is 1.71 bits per heavy atom. The van der Waals surface area contributed by atoms with Crippen molar-refractivity contribution in [3.8, 4) is 0 Å². The second kappa shape index (κ2) is 4.13. The van der Waals surface area contributed by atoms with Gasteiger partial charge in [-0.25, -0.2) is 4.39 Å². The van der Waals surface area contributed by atoms with Gasteiger partial charge in [0.2, 0.25) is 12.0 Å².